The minimum Gasteiger partial charge on any atom is -0.478 e. The summed E-state index contributed by atoms with van der Waals surface area (Å²) in [6.07, 6.45) is 0.693. The molecule has 136 valence electrons. The van der Waals surface area contributed by atoms with Crippen molar-refractivity contribution >= 4 is 11.9 Å². The van der Waals surface area contributed by atoms with Crippen LogP contribution in [0, 0.1) is 6.92 Å². The molecule has 2 N–H and O–H groups in total. The van der Waals surface area contributed by atoms with E-state index in [2.05, 4.69) is 0 Å². The smallest absolute Gasteiger partial charge is 0.336 e. The summed E-state index contributed by atoms with van der Waals surface area (Å²) in [6, 6.07) is 20.6. The van der Waals surface area contributed by atoms with E-state index in [-0.39, 0.29) is 17.5 Å². The van der Waals surface area contributed by atoms with Crippen LogP contribution < -0.4 is 0 Å². The van der Waals surface area contributed by atoms with E-state index < -0.39 is 11.9 Å². The molecule has 0 amide bonds. The number of hydrogen-bond acceptors (Lipinski definition) is 2. The van der Waals surface area contributed by atoms with Gasteiger partial charge in [0.15, 0.2) is 0 Å². The Hall–Kier alpha value is -3.40. The van der Waals surface area contributed by atoms with Gasteiger partial charge in [-0.25, -0.2) is 9.59 Å². The number of rotatable bonds is 6. The molecule has 0 aliphatic carbocycles. The van der Waals surface area contributed by atoms with Gasteiger partial charge in [-0.2, -0.15) is 0 Å². The Balaban J connectivity index is 2.20. The van der Waals surface area contributed by atoms with Crippen molar-refractivity contribution in [2.75, 3.05) is 0 Å². The predicted molar refractivity (Wildman–Crippen MR) is 104 cm³/mol. The maximum atomic E-state index is 12.1. The number of aryl methyl sites for hydroxylation is 1. The molecule has 3 aromatic rings. The van der Waals surface area contributed by atoms with Crippen molar-refractivity contribution in [2.45, 2.75) is 19.8 Å². The molecule has 0 aliphatic heterocycles. The van der Waals surface area contributed by atoms with E-state index in [4.69, 9.17) is 0 Å². The van der Waals surface area contributed by atoms with Crippen molar-refractivity contribution in [1.29, 1.82) is 0 Å². The Morgan fingerprint density at radius 2 is 1.22 bits per heavy atom. The highest BCUT2D eigenvalue weighted by Gasteiger charge is 2.24. The summed E-state index contributed by atoms with van der Waals surface area (Å²) in [5.74, 6) is -2.21. The Bertz CT molecular complexity index is 976. The zero-order valence-electron chi connectivity index (χ0n) is 15.0. The molecule has 0 heterocycles. The van der Waals surface area contributed by atoms with E-state index in [9.17, 15) is 19.8 Å². The maximum Gasteiger partial charge on any atom is 0.336 e. The predicted octanol–water partition coefficient (Wildman–Crippen LogP) is 4.57. The molecule has 3 aromatic carbocycles. The van der Waals surface area contributed by atoms with Crippen LogP contribution in [0.4, 0.5) is 0 Å². The minimum absolute atomic E-state index is 0.0769. The van der Waals surface area contributed by atoms with Gasteiger partial charge in [0.2, 0.25) is 0 Å². The zero-order chi connectivity index (χ0) is 19.4. The van der Waals surface area contributed by atoms with Gasteiger partial charge in [-0.15, -0.1) is 0 Å². The monoisotopic (exact) mass is 360 g/mol. The molecular formula is C23H20O4. The molecule has 27 heavy (non-hydrogen) atoms. The quantitative estimate of drug-likeness (QED) is 0.675. The molecule has 4 nitrogen and oxygen atoms in total. The fourth-order valence-corrected chi connectivity index (χ4v) is 3.46. The van der Waals surface area contributed by atoms with Crippen molar-refractivity contribution in [3.63, 3.8) is 0 Å². The second-order valence-corrected chi connectivity index (χ2v) is 6.52. The molecule has 0 aliphatic rings. The molecule has 0 saturated heterocycles. The Kier molecular flexibility index (Phi) is 5.36. The van der Waals surface area contributed by atoms with Crippen LogP contribution in [-0.4, -0.2) is 22.2 Å². The lowest BCUT2D eigenvalue weighted by molar-refractivity contribution is 0.0694. The highest BCUT2D eigenvalue weighted by molar-refractivity contribution is 5.99. The summed E-state index contributed by atoms with van der Waals surface area (Å²) >= 11 is 0. The van der Waals surface area contributed by atoms with Crippen LogP contribution in [0.1, 0.15) is 48.5 Å². The van der Waals surface area contributed by atoms with Crippen molar-refractivity contribution in [3.8, 4) is 0 Å². The minimum atomic E-state index is -1.10. The molecule has 0 unspecified atom stereocenters. The van der Waals surface area contributed by atoms with Gasteiger partial charge in [-0.1, -0.05) is 66.7 Å². The van der Waals surface area contributed by atoms with Crippen LogP contribution in [0.2, 0.25) is 0 Å². The summed E-state index contributed by atoms with van der Waals surface area (Å²) in [5, 5.41) is 19.6. The highest BCUT2D eigenvalue weighted by Crippen LogP contribution is 2.28. The van der Waals surface area contributed by atoms with Crippen molar-refractivity contribution in [2.24, 2.45) is 0 Å². The van der Waals surface area contributed by atoms with Gasteiger partial charge in [0.05, 0.1) is 11.1 Å². The third kappa shape index (κ3) is 4.06. The summed E-state index contributed by atoms with van der Waals surface area (Å²) in [6.45, 7) is 1.72. The Morgan fingerprint density at radius 1 is 0.741 bits per heavy atom. The van der Waals surface area contributed by atoms with Crippen LogP contribution in [0.3, 0.4) is 0 Å². The number of carboxylic acid groups (broad SMARTS) is 2. The summed E-state index contributed by atoms with van der Waals surface area (Å²) in [7, 11) is 0. The third-order valence-corrected chi connectivity index (χ3v) is 4.60. The van der Waals surface area contributed by atoms with E-state index in [1.165, 1.54) is 0 Å². The number of benzene rings is 3. The molecule has 3 rings (SSSR count). The molecule has 0 saturated carbocycles. The first-order chi connectivity index (χ1) is 13.0. The van der Waals surface area contributed by atoms with E-state index in [1.807, 2.05) is 60.7 Å². The Morgan fingerprint density at radius 3 is 1.70 bits per heavy atom. The fourth-order valence-electron chi connectivity index (χ4n) is 3.46. The number of hydrogen-bond donors (Lipinski definition) is 2. The maximum absolute atomic E-state index is 12.1. The van der Waals surface area contributed by atoms with Gasteiger partial charge in [0.25, 0.3) is 0 Å². The van der Waals surface area contributed by atoms with E-state index in [1.54, 1.807) is 13.0 Å². The van der Waals surface area contributed by atoms with E-state index in [0.29, 0.717) is 23.1 Å². The third-order valence-electron chi connectivity index (χ3n) is 4.60. The molecular weight excluding hydrogens is 340 g/mol. The normalized spacial score (nSPS) is 10.6. The lowest BCUT2D eigenvalue weighted by Crippen LogP contribution is -2.16. The van der Waals surface area contributed by atoms with E-state index in [0.717, 1.165) is 11.1 Å². The van der Waals surface area contributed by atoms with Crippen LogP contribution in [0.25, 0.3) is 0 Å². The van der Waals surface area contributed by atoms with Gasteiger partial charge in [-0.05, 0) is 47.6 Å². The highest BCUT2D eigenvalue weighted by atomic mass is 16.4. The summed E-state index contributed by atoms with van der Waals surface area (Å²) in [5.41, 5.74) is 3.57. The molecule has 0 fully saturated rings. The molecule has 0 bridgehead atoms. The van der Waals surface area contributed by atoms with Gasteiger partial charge >= 0.3 is 11.9 Å². The van der Waals surface area contributed by atoms with Crippen LogP contribution in [0.15, 0.2) is 66.7 Å². The van der Waals surface area contributed by atoms with Gasteiger partial charge in [0.1, 0.15) is 0 Å². The van der Waals surface area contributed by atoms with Crippen molar-refractivity contribution in [3.05, 3.63) is 106 Å². The first kappa shape index (κ1) is 18.4. The second kappa shape index (κ2) is 7.87. The standard InChI is InChI=1S/C23H20O4/c1-15-12-18(13-16-8-4-2-5-9-16)21(23(26)27)19(20(15)22(24)25)14-17-10-6-3-7-11-17/h2-12H,13-14H2,1H3,(H,24,25)(H,26,27). The van der Waals surface area contributed by atoms with Gasteiger partial charge in [-0.3, -0.25) is 0 Å². The number of carbonyl (C=O) groups is 2. The molecule has 0 atom stereocenters. The van der Waals surface area contributed by atoms with Gasteiger partial charge < -0.3 is 10.2 Å². The average molecular weight is 360 g/mol. The fraction of sp³-hybridized carbons (Fsp3) is 0.130. The first-order valence-corrected chi connectivity index (χ1v) is 8.67. The Labute approximate surface area is 157 Å². The first-order valence-electron chi connectivity index (χ1n) is 8.67. The molecule has 0 spiro atoms. The van der Waals surface area contributed by atoms with E-state index >= 15 is 0 Å². The van der Waals surface area contributed by atoms with Gasteiger partial charge in [0, 0.05) is 0 Å². The summed E-state index contributed by atoms with van der Waals surface area (Å²) < 4.78 is 0. The lowest BCUT2D eigenvalue weighted by Gasteiger charge is -2.17. The average Bonchev–Trinajstić information content (AvgIpc) is 2.62. The summed E-state index contributed by atoms with van der Waals surface area (Å²) in [4.78, 5) is 24.0. The topological polar surface area (TPSA) is 74.6 Å². The largest absolute Gasteiger partial charge is 0.478 e. The second-order valence-electron chi connectivity index (χ2n) is 6.52. The molecule has 4 heteroatoms. The SMILES string of the molecule is Cc1cc(Cc2ccccc2)c(C(=O)O)c(Cc2ccccc2)c1C(=O)O. The van der Waals surface area contributed by atoms with Crippen LogP contribution >= 0.6 is 0 Å². The van der Waals surface area contributed by atoms with Crippen molar-refractivity contribution < 1.29 is 19.8 Å². The number of carboxylic acids is 2. The molecule has 0 aromatic heterocycles. The van der Waals surface area contributed by atoms with Crippen LogP contribution in [-0.2, 0) is 12.8 Å². The molecule has 0 radical (unpaired) electrons. The number of aromatic carboxylic acids is 2. The lowest BCUT2D eigenvalue weighted by atomic mass is 9.86. The van der Waals surface area contributed by atoms with Crippen LogP contribution in [0.5, 0.6) is 0 Å². The van der Waals surface area contributed by atoms with Crippen molar-refractivity contribution in [1.82, 2.24) is 0 Å². The zero-order valence-corrected chi connectivity index (χ0v) is 15.0.